The van der Waals surface area contributed by atoms with Crippen LogP contribution in [0.2, 0.25) is 0 Å². The van der Waals surface area contributed by atoms with Crippen molar-refractivity contribution in [2.24, 2.45) is 0 Å². The largest absolute Gasteiger partial charge is 0.454 e. The Morgan fingerprint density at radius 3 is 2.24 bits per heavy atom. The van der Waals surface area contributed by atoms with Gasteiger partial charge < -0.3 is 25.4 Å². The van der Waals surface area contributed by atoms with Crippen molar-refractivity contribution in [3.05, 3.63) is 66.4 Å². The molecule has 0 bridgehead atoms. The zero-order valence-corrected chi connectivity index (χ0v) is 15.6. The van der Waals surface area contributed by atoms with Gasteiger partial charge in [0.1, 0.15) is 5.82 Å². The summed E-state index contributed by atoms with van der Waals surface area (Å²) in [6.45, 7) is 1.66. The average molecular weight is 390 g/mol. The third-order valence-corrected chi connectivity index (χ3v) is 4.13. The molecule has 0 aliphatic carbocycles. The Morgan fingerprint density at radius 1 is 0.862 bits per heavy atom. The Bertz CT molecular complexity index is 1050. The number of pyridine rings is 1. The molecule has 0 radical (unpaired) electrons. The predicted octanol–water partition coefficient (Wildman–Crippen LogP) is 3.76. The van der Waals surface area contributed by atoms with Gasteiger partial charge in [-0.05, 0) is 48.5 Å². The molecule has 0 saturated carbocycles. The number of carbonyl (C=O) groups excluding carboxylic acids is 2. The fraction of sp³-hybridized carbons (Fsp3) is 0.0952. The summed E-state index contributed by atoms with van der Waals surface area (Å²) in [6, 6.07) is 15.8. The Morgan fingerprint density at radius 2 is 1.55 bits per heavy atom. The SMILES string of the molecule is CC(=O)Nc1ccc(NC(=O)c2ccc(Nc3ccc4c(c3)OCO4)nc2)cc1. The number of anilines is 4. The molecule has 0 spiro atoms. The van der Waals surface area contributed by atoms with Gasteiger partial charge in [0.25, 0.3) is 5.91 Å². The molecule has 29 heavy (non-hydrogen) atoms. The van der Waals surface area contributed by atoms with Gasteiger partial charge in [0, 0.05) is 36.2 Å². The molecule has 1 aliphatic heterocycles. The van der Waals surface area contributed by atoms with E-state index in [1.54, 1.807) is 36.4 Å². The van der Waals surface area contributed by atoms with Gasteiger partial charge in [-0.15, -0.1) is 0 Å². The second-order valence-electron chi connectivity index (χ2n) is 6.34. The van der Waals surface area contributed by atoms with Gasteiger partial charge in [-0.25, -0.2) is 4.98 Å². The van der Waals surface area contributed by atoms with Crippen molar-refractivity contribution in [3.63, 3.8) is 0 Å². The van der Waals surface area contributed by atoms with E-state index in [4.69, 9.17) is 9.47 Å². The van der Waals surface area contributed by atoms with Gasteiger partial charge in [-0.2, -0.15) is 0 Å². The molecule has 0 unspecified atom stereocenters. The number of rotatable bonds is 5. The van der Waals surface area contributed by atoms with E-state index in [9.17, 15) is 9.59 Å². The van der Waals surface area contributed by atoms with Crippen molar-refractivity contribution in [2.45, 2.75) is 6.92 Å². The summed E-state index contributed by atoms with van der Waals surface area (Å²) in [7, 11) is 0. The average Bonchev–Trinajstić information content (AvgIpc) is 3.17. The summed E-state index contributed by atoms with van der Waals surface area (Å²) < 4.78 is 10.6. The summed E-state index contributed by atoms with van der Waals surface area (Å²) in [6.07, 6.45) is 1.50. The molecule has 146 valence electrons. The van der Waals surface area contributed by atoms with E-state index in [2.05, 4.69) is 20.9 Å². The normalized spacial score (nSPS) is 11.6. The second kappa shape index (κ2) is 7.89. The molecule has 1 aliphatic rings. The highest BCUT2D eigenvalue weighted by Crippen LogP contribution is 2.34. The molecular weight excluding hydrogens is 372 g/mol. The molecule has 0 atom stereocenters. The quantitative estimate of drug-likeness (QED) is 0.613. The van der Waals surface area contributed by atoms with E-state index < -0.39 is 0 Å². The molecule has 4 rings (SSSR count). The van der Waals surface area contributed by atoms with Gasteiger partial charge in [0.15, 0.2) is 11.5 Å². The lowest BCUT2D eigenvalue weighted by Gasteiger charge is -2.09. The van der Waals surface area contributed by atoms with Crippen LogP contribution in [0, 0.1) is 0 Å². The third-order valence-electron chi connectivity index (χ3n) is 4.13. The summed E-state index contributed by atoms with van der Waals surface area (Å²) in [4.78, 5) is 27.7. The van der Waals surface area contributed by atoms with Crippen molar-refractivity contribution in [1.29, 1.82) is 0 Å². The zero-order valence-electron chi connectivity index (χ0n) is 15.6. The number of ether oxygens (including phenoxy) is 2. The van der Waals surface area contributed by atoms with Crippen molar-refractivity contribution >= 4 is 34.7 Å². The maximum Gasteiger partial charge on any atom is 0.257 e. The molecule has 2 amide bonds. The molecule has 3 aromatic rings. The Balaban J connectivity index is 1.38. The second-order valence-corrected chi connectivity index (χ2v) is 6.34. The topological polar surface area (TPSA) is 102 Å². The van der Waals surface area contributed by atoms with Gasteiger partial charge >= 0.3 is 0 Å². The summed E-state index contributed by atoms with van der Waals surface area (Å²) in [5.41, 5.74) is 2.51. The van der Waals surface area contributed by atoms with Crippen LogP contribution in [0.1, 0.15) is 17.3 Å². The van der Waals surface area contributed by atoms with Gasteiger partial charge in [-0.1, -0.05) is 0 Å². The lowest BCUT2D eigenvalue weighted by molar-refractivity contribution is -0.114. The lowest BCUT2D eigenvalue weighted by Crippen LogP contribution is -2.12. The van der Waals surface area contributed by atoms with Crippen molar-refractivity contribution in [1.82, 2.24) is 4.98 Å². The Hall–Kier alpha value is -4.07. The number of nitrogens with zero attached hydrogens (tertiary/aromatic N) is 1. The first-order valence-corrected chi connectivity index (χ1v) is 8.88. The highest BCUT2D eigenvalue weighted by Gasteiger charge is 2.13. The van der Waals surface area contributed by atoms with Gasteiger partial charge in [-0.3, -0.25) is 9.59 Å². The summed E-state index contributed by atoms with van der Waals surface area (Å²) in [5.74, 6) is 1.55. The fourth-order valence-electron chi connectivity index (χ4n) is 2.77. The summed E-state index contributed by atoms with van der Waals surface area (Å²) >= 11 is 0. The van der Waals surface area contributed by atoms with Crippen LogP contribution in [-0.2, 0) is 4.79 Å². The van der Waals surface area contributed by atoms with Gasteiger partial charge in [0.2, 0.25) is 12.7 Å². The van der Waals surface area contributed by atoms with Crippen LogP contribution in [-0.4, -0.2) is 23.6 Å². The maximum atomic E-state index is 12.4. The molecule has 1 aromatic heterocycles. The Labute approximate surface area is 166 Å². The minimum Gasteiger partial charge on any atom is -0.454 e. The molecule has 8 heteroatoms. The molecule has 0 fully saturated rings. The molecule has 8 nitrogen and oxygen atoms in total. The zero-order chi connectivity index (χ0) is 20.2. The van der Waals surface area contributed by atoms with E-state index in [1.165, 1.54) is 13.1 Å². The number of benzene rings is 2. The Kier molecular flexibility index (Phi) is 4.98. The number of amides is 2. The first-order chi connectivity index (χ1) is 14.1. The van der Waals surface area contributed by atoms with Crippen LogP contribution >= 0.6 is 0 Å². The number of hydrogen-bond acceptors (Lipinski definition) is 6. The monoisotopic (exact) mass is 390 g/mol. The molecular formula is C21H18N4O4. The third kappa shape index (κ3) is 4.44. The van der Waals surface area contributed by atoms with Gasteiger partial charge in [0.05, 0.1) is 5.56 Å². The van der Waals surface area contributed by atoms with Crippen LogP contribution in [0.25, 0.3) is 0 Å². The fourth-order valence-corrected chi connectivity index (χ4v) is 2.77. The smallest absolute Gasteiger partial charge is 0.257 e. The van der Waals surface area contributed by atoms with Crippen LogP contribution in [0.15, 0.2) is 60.8 Å². The molecule has 2 heterocycles. The summed E-state index contributed by atoms with van der Waals surface area (Å²) in [5, 5.41) is 8.63. The number of aromatic nitrogens is 1. The van der Waals surface area contributed by atoms with E-state index in [0.29, 0.717) is 34.3 Å². The van der Waals surface area contributed by atoms with Crippen LogP contribution in [0.4, 0.5) is 22.9 Å². The number of carbonyl (C=O) groups is 2. The highest BCUT2D eigenvalue weighted by molar-refractivity contribution is 6.04. The van der Waals surface area contributed by atoms with Crippen molar-refractivity contribution in [3.8, 4) is 11.5 Å². The first-order valence-electron chi connectivity index (χ1n) is 8.88. The van der Waals surface area contributed by atoms with Crippen LogP contribution < -0.4 is 25.4 Å². The van der Waals surface area contributed by atoms with E-state index >= 15 is 0 Å². The molecule has 0 saturated heterocycles. The van der Waals surface area contributed by atoms with Crippen molar-refractivity contribution < 1.29 is 19.1 Å². The molecule has 2 aromatic carbocycles. The highest BCUT2D eigenvalue weighted by atomic mass is 16.7. The first kappa shape index (κ1) is 18.3. The number of nitrogens with one attached hydrogen (secondary N) is 3. The van der Waals surface area contributed by atoms with Crippen LogP contribution in [0.3, 0.4) is 0 Å². The minimum absolute atomic E-state index is 0.151. The maximum absolute atomic E-state index is 12.4. The number of hydrogen-bond donors (Lipinski definition) is 3. The van der Waals surface area contributed by atoms with Crippen molar-refractivity contribution in [2.75, 3.05) is 22.7 Å². The van der Waals surface area contributed by atoms with E-state index in [-0.39, 0.29) is 18.6 Å². The standard InChI is InChI=1S/C21H18N4O4/c1-13(26)23-15-3-5-16(6-4-15)25-21(27)14-2-9-20(22-11-14)24-17-7-8-18-19(10-17)29-12-28-18/h2-11H,12H2,1H3,(H,22,24)(H,23,26)(H,25,27). The van der Waals surface area contributed by atoms with E-state index in [0.717, 1.165) is 5.69 Å². The van der Waals surface area contributed by atoms with E-state index in [1.807, 2.05) is 18.2 Å². The number of fused-ring (bicyclic) bond motifs is 1. The predicted molar refractivity (Wildman–Crippen MR) is 109 cm³/mol. The van der Waals surface area contributed by atoms with Crippen LogP contribution in [0.5, 0.6) is 11.5 Å². The minimum atomic E-state index is -0.278. The lowest BCUT2D eigenvalue weighted by atomic mass is 10.2. The molecule has 3 N–H and O–H groups in total.